The molecule has 0 heterocycles. The molecule has 0 aliphatic heterocycles. The standard InChI is InChI=1S/C19H15BrO/c1-12-8-10-17(16-6-4-3-5-15(12)16)19(21)18-11-14(20)9-7-13(18)2/h3-11H,1-2H3. The van der Waals surface area contributed by atoms with Crippen molar-refractivity contribution in [3.05, 3.63) is 81.3 Å². The van der Waals surface area contributed by atoms with E-state index in [2.05, 4.69) is 28.9 Å². The van der Waals surface area contributed by atoms with E-state index >= 15 is 0 Å². The molecule has 2 heteroatoms. The third-order valence-electron chi connectivity index (χ3n) is 3.83. The van der Waals surface area contributed by atoms with Gasteiger partial charge < -0.3 is 0 Å². The Morgan fingerprint density at radius 2 is 1.48 bits per heavy atom. The Hall–Kier alpha value is -1.93. The Morgan fingerprint density at radius 3 is 2.24 bits per heavy atom. The predicted molar refractivity (Wildman–Crippen MR) is 91.0 cm³/mol. The van der Waals surface area contributed by atoms with Crippen molar-refractivity contribution < 1.29 is 4.79 Å². The molecule has 3 aromatic rings. The summed E-state index contributed by atoms with van der Waals surface area (Å²) in [5.41, 5.74) is 3.69. The number of fused-ring (bicyclic) bond motifs is 1. The van der Waals surface area contributed by atoms with Gasteiger partial charge in [0.05, 0.1) is 0 Å². The minimum atomic E-state index is 0.0741. The van der Waals surface area contributed by atoms with Crippen LogP contribution in [0.2, 0.25) is 0 Å². The Kier molecular flexibility index (Phi) is 3.64. The van der Waals surface area contributed by atoms with Crippen LogP contribution in [0.15, 0.2) is 59.1 Å². The van der Waals surface area contributed by atoms with Crippen LogP contribution >= 0.6 is 15.9 Å². The molecule has 0 spiro atoms. The Balaban J connectivity index is 2.23. The van der Waals surface area contributed by atoms with Crippen LogP contribution in [0.1, 0.15) is 27.0 Å². The maximum atomic E-state index is 12.9. The van der Waals surface area contributed by atoms with E-state index in [0.29, 0.717) is 0 Å². The van der Waals surface area contributed by atoms with Crippen LogP contribution in [0.4, 0.5) is 0 Å². The van der Waals surface area contributed by atoms with Gasteiger partial charge in [0.15, 0.2) is 5.78 Å². The van der Waals surface area contributed by atoms with Crippen LogP contribution in [0.3, 0.4) is 0 Å². The number of hydrogen-bond donors (Lipinski definition) is 0. The average molecular weight is 339 g/mol. The summed E-state index contributed by atoms with van der Waals surface area (Å²) in [4.78, 5) is 12.9. The number of carbonyl (C=O) groups excluding carboxylic acids is 1. The van der Waals surface area contributed by atoms with Crippen molar-refractivity contribution in [3.63, 3.8) is 0 Å². The van der Waals surface area contributed by atoms with Crippen LogP contribution < -0.4 is 0 Å². The molecular weight excluding hydrogens is 324 g/mol. The maximum absolute atomic E-state index is 12.9. The van der Waals surface area contributed by atoms with E-state index in [0.717, 1.165) is 31.9 Å². The fourth-order valence-corrected chi connectivity index (χ4v) is 2.99. The number of aryl methyl sites for hydroxylation is 2. The first-order valence-electron chi connectivity index (χ1n) is 6.87. The monoisotopic (exact) mass is 338 g/mol. The zero-order valence-electron chi connectivity index (χ0n) is 12.0. The second-order valence-electron chi connectivity index (χ2n) is 5.26. The highest BCUT2D eigenvalue weighted by Gasteiger charge is 2.15. The number of hydrogen-bond acceptors (Lipinski definition) is 1. The van der Waals surface area contributed by atoms with Crippen LogP contribution in [-0.4, -0.2) is 5.78 Å². The number of benzene rings is 3. The lowest BCUT2D eigenvalue weighted by Crippen LogP contribution is -2.05. The molecule has 0 atom stereocenters. The maximum Gasteiger partial charge on any atom is 0.193 e. The van der Waals surface area contributed by atoms with Gasteiger partial charge in [-0.3, -0.25) is 4.79 Å². The van der Waals surface area contributed by atoms with Crippen LogP contribution in [0.25, 0.3) is 10.8 Å². The van der Waals surface area contributed by atoms with Crippen molar-refractivity contribution in [2.45, 2.75) is 13.8 Å². The summed E-state index contributed by atoms with van der Waals surface area (Å²) in [7, 11) is 0. The van der Waals surface area contributed by atoms with Gasteiger partial charge in [0, 0.05) is 15.6 Å². The summed E-state index contributed by atoms with van der Waals surface area (Å²) in [6.07, 6.45) is 0. The fraction of sp³-hybridized carbons (Fsp3) is 0.105. The van der Waals surface area contributed by atoms with Gasteiger partial charge in [-0.1, -0.05) is 58.4 Å². The molecule has 3 rings (SSSR count). The molecule has 0 aromatic heterocycles. The molecule has 1 nitrogen and oxygen atoms in total. The van der Waals surface area contributed by atoms with E-state index in [1.165, 1.54) is 5.56 Å². The van der Waals surface area contributed by atoms with E-state index in [-0.39, 0.29) is 5.78 Å². The van der Waals surface area contributed by atoms with E-state index in [9.17, 15) is 4.79 Å². The second-order valence-corrected chi connectivity index (χ2v) is 6.18. The molecule has 0 aliphatic rings. The summed E-state index contributed by atoms with van der Waals surface area (Å²) in [6, 6.07) is 17.8. The molecule has 3 aromatic carbocycles. The molecular formula is C19H15BrO. The van der Waals surface area contributed by atoms with Crippen LogP contribution in [0.5, 0.6) is 0 Å². The lowest BCUT2D eigenvalue weighted by molar-refractivity contribution is 0.103. The summed E-state index contributed by atoms with van der Waals surface area (Å²) in [6.45, 7) is 4.04. The van der Waals surface area contributed by atoms with Gasteiger partial charge in [0.25, 0.3) is 0 Å². The molecule has 0 aliphatic carbocycles. The molecule has 0 saturated carbocycles. The molecule has 0 amide bonds. The van der Waals surface area contributed by atoms with E-state index in [1.54, 1.807) is 0 Å². The minimum Gasteiger partial charge on any atom is -0.289 e. The van der Waals surface area contributed by atoms with Crippen LogP contribution in [-0.2, 0) is 0 Å². The summed E-state index contributed by atoms with van der Waals surface area (Å²) < 4.78 is 0.924. The highest BCUT2D eigenvalue weighted by molar-refractivity contribution is 9.10. The average Bonchev–Trinajstić information content (AvgIpc) is 2.50. The van der Waals surface area contributed by atoms with Gasteiger partial charge in [-0.2, -0.15) is 0 Å². The molecule has 21 heavy (non-hydrogen) atoms. The number of rotatable bonds is 2. The highest BCUT2D eigenvalue weighted by atomic mass is 79.9. The summed E-state index contributed by atoms with van der Waals surface area (Å²) >= 11 is 3.45. The molecule has 104 valence electrons. The predicted octanol–water partition coefficient (Wildman–Crippen LogP) is 5.45. The van der Waals surface area contributed by atoms with E-state index < -0.39 is 0 Å². The molecule has 0 saturated heterocycles. The number of carbonyl (C=O) groups is 1. The zero-order chi connectivity index (χ0) is 15.0. The Labute approximate surface area is 132 Å². The molecule has 0 N–H and O–H groups in total. The van der Waals surface area contributed by atoms with Gasteiger partial charge in [-0.15, -0.1) is 0 Å². The van der Waals surface area contributed by atoms with Crippen molar-refractivity contribution in [2.24, 2.45) is 0 Å². The second kappa shape index (κ2) is 5.45. The third-order valence-corrected chi connectivity index (χ3v) is 4.32. The fourth-order valence-electron chi connectivity index (χ4n) is 2.63. The minimum absolute atomic E-state index is 0.0741. The smallest absolute Gasteiger partial charge is 0.193 e. The highest BCUT2D eigenvalue weighted by Crippen LogP contribution is 2.26. The van der Waals surface area contributed by atoms with Gasteiger partial charge in [0.2, 0.25) is 0 Å². The quantitative estimate of drug-likeness (QED) is 0.568. The normalized spacial score (nSPS) is 10.8. The number of halogens is 1. The van der Waals surface area contributed by atoms with Gasteiger partial charge in [-0.05, 0) is 47.9 Å². The van der Waals surface area contributed by atoms with Gasteiger partial charge in [0.1, 0.15) is 0 Å². The molecule has 0 fully saturated rings. The topological polar surface area (TPSA) is 17.1 Å². The zero-order valence-corrected chi connectivity index (χ0v) is 13.6. The first-order valence-corrected chi connectivity index (χ1v) is 7.66. The van der Waals surface area contributed by atoms with Crippen molar-refractivity contribution >= 4 is 32.5 Å². The summed E-state index contributed by atoms with van der Waals surface area (Å²) in [5.74, 6) is 0.0741. The molecule has 0 unspecified atom stereocenters. The van der Waals surface area contributed by atoms with Crippen molar-refractivity contribution in [2.75, 3.05) is 0 Å². The first kappa shape index (κ1) is 14.0. The van der Waals surface area contributed by atoms with Crippen molar-refractivity contribution in [1.29, 1.82) is 0 Å². The molecule has 0 radical (unpaired) electrons. The summed E-state index contributed by atoms with van der Waals surface area (Å²) in [5, 5.41) is 2.15. The Bertz CT molecular complexity index is 849. The lowest BCUT2D eigenvalue weighted by atomic mass is 9.93. The Morgan fingerprint density at radius 1 is 0.810 bits per heavy atom. The third kappa shape index (κ3) is 2.52. The van der Waals surface area contributed by atoms with E-state index in [4.69, 9.17) is 0 Å². The van der Waals surface area contributed by atoms with Gasteiger partial charge >= 0.3 is 0 Å². The molecule has 0 bridgehead atoms. The van der Waals surface area contributed by atoms with Crippen molar-refractivity contribution in [3.8, 4) is 0 Å². The van der Waals surface area contributed by atoms with E-state index in [1.807, 2.05) is 55.5 Å². The van der Waals surface area contributed by atoms with Gasteiger partial charge in [-0.25, -0.2) is 0 Å². The van der Waals surface area contributed by atoms with Crippen molar-refractivity contribution in [1.82, 2.24) is 0 Å². The lowest BCUT2D eigenvalue weighted by Gasteiger charge is -2.10. The number of ketones is 1. The SMILES string of the molecule is Cc1ccc(Br)cc1C(=O)c1ccc(C)c2ccccc12. The largest absolute Gasteiger partial charge is 0.289 e. The van der Waals surface area contributed by atoms with Crippen LogP contribution in [0, 0.1) is 13.8 Å². The first-order chi connectivity index (χ1) is 10.1.